The summed E-state index contributed by atoms with van der Waals surface area (Å²) in [6, 6.07) is 10.2. The predicted molar refractivity (Wildman–Crippen MR) is 99.9 cm³/mol. The highest BCUT2D eigenvalue weighted by Gasteiger charge is 2.08. The molecule has 2 aromatic rings. The lowest BCUT2D eigenvalue weighted by atomic mass is 10.2. The second-order valence-electron chi connectivity index (χ2n) is 4.76. The standard InChI is InChI=1S/C17H16BrClN2O4/c1-23-15-8-16(24-2)14(18)7-11(15)9-20-21-17(22)10-25-13-5-3-12(19)4-6-13/h3-9H,10H2,1-2H3,(H,21,22)/b20-9+. The zero-order valence-corrected chi connectivity index (χ0v) is 15.9. The fraction of sp³-hybridized carbons (Fsp3) is 0.176. The van der Waals surface area contributed by atoms with Gasteiger partial charge < -0.3 is 14.2 Å². The minimum Gasteiger partial charge on any atom is -0.496 e. The van der Waals surface area contributed by atoms with Gasteiger partial charge in [-0.15, -0.1) is 0 Å². The number of benzene rings is 2. The quantitative estimate of drug-likeness (QED) is 0.541. The first-order valence-electron chi connectivity index (χ1n) is 7.15. The predicted octanol–water partition coefficient (Wildman–Crippen LogP) is 3.65. The zero-order chi connectivity index (χ0) is 18.2. The third kappa shape index (κ3) is 5.65. The Hall–Kier alpha value is -2.25. The van der Waals surface area contributed by atoms with Gasteiger partial charge in [-0.3, -0.25) is 4.79 Å². The maximum atomic E-state index is 11.8. The molecule has 1 amide bonds. The fourth-order valence-corrected chi connectivity index (χ4v) is 2.52. The van der Waals surface area contributed by atoms with E-state index in [1.54, 1.807) is 50.6 Å². The van der Waals surface area contributed by atoms with Crippen molar-refractivity contribution in [3.63, 3.8) is 0 Å². The van der Waals surface area contributed by atoms with E-state index in [-0.39, 0.29) is 6.61 Å². The number of hydrazone groups is 1. The summed E-state index contributed by atoms with van der Waals surface area (Å²) in [7, 11) is 3.10. The van der Waals surface area contributed by atoms with Crippen molar-refractivity contribution in [2.24, 2.45) is 5.10 Å². The molecule has 0 aliphatic carbocycles. The number of rotatable bonds is 7. The van der Waals surface area contributed by atoms with Gasteiger partial charge in [0.2, 0.25) is 0 Å². The number of nitrogens with zero attached hydrogens (tertiary/aromatic N) is 1. The Labute approximate surface area is 158 Å². The molecule has 0 spiro atoms. The van der Waals surface area contributed by atoms with Crippen molar-refractivity contribution in [2.75, 3.05) is 20.8 Å². The molecule has 6 nitrogen and oxygen atoms in total. The first-order chi connectivity index (χ1) is 12.0. The SMILES string of the molecule is COc1cc(OC)c(/C=N/NC(=O)COc2ccc(Cl)cc2)cc1Br. The van der Waals surface area contributed by atoms with Gasteiger partial charge in [-0.1, -0.05) is 11.6 Å². The van der Waals surface area contributed by atoms with Crippen LogP contribution in [0.2, 0.25) is 5.02 Å². The van der Waals surface area contributed by atoms with Crippen LogP contribution in [0.5, 0.6) is 17.2 Å². The van der Waals surface area contributed by atoms with Gasteiger partial charge in [-0.05, 0) is 46.3 Å². The Morgan fingerprint density at radius 3 is 2.52 bits per heavy atom. The summed E-state index contributed by atoms with van der Waals surface area (Å²) in [6.07, 6.45) is 1.48. The third-order valence-electron chi connectivity index (χ3n) is 3.08. The Balaban J connectivity index is 1.92. The third-order valence-corrected chi connectivity index (χ3v) is 3.95. The molecule has 0 aliphatic heterocycles. The lowest BCUT2D eigenvalue weighted by Crippen LogP contribution is -2.24. The summed E-state index contributed by atoms with van der Waals surface area (Å²) >= 11 is 9.17. The van der Waals surface area contributed by atoms with Crippen molar-refractivity contribution in [1.82, 2.24) is 5.43 Å². The maximum Gasteiger partial charge on any atom is 0.277 e. The number of methoxy groups -OCH3 is 2. The smallest absolute Gasteiger partial charge is 0.277 e. The summed E-state index contributed by atoms with van der Waals surface area (Å²) in [6.45, 7) is -0.164. The summed E-state index contributed by atoms with van der Waals surface area (Å²) < 4.78 is 16.5. The van der Waals surface area contributed by atoms with Crippen LogP contribution in [0.25, 0.3) is 0 Å². The monoisotopic (exact) mass is 426 g/mol. The zero-order valence-electron chi connectivity index (χ0n) is 13.6. The van der Waals surface area contributed by atoms with Crippen LogP contribution in [0, 0.1) is 0 Å². The van der Waals surface area contributed by atoms with Crippen LogP contribution in [0.3, 0.4) is 0 Å². The van der Waals surface area contributed by atoms with Crippen LogP contribution in [-0.4, -0.2) is 32.9 Å². The van der Waals surface area contributed by atoms with E-state index in [0.29, 0.717) is 27.8 Å². The first kappa shape index (κ1) is 19.1. The molecule has 0 saturated heterocycles. The van der Waals surface area contributed by atoms with Gasteiger partial charge in [0, 0.05) is 16.7 Å². The number of halogens is 2. The van der Waals surface area contributed by atoms with Gasteiger partial charge in [-0.25, -0.2) is 5.43 Å². The van der Waals surface area contributed by atoms with Gasteiger partial charge in [0.1, 0.15) is 17.2 Å². The van der Waals surface area contributed by atoms with E-state index in [9.17, 15) is 4.79 Å². The largest absolute Gasteiger partial charge is 0.496 e. The van der Waals surface area contributed by atoms with Gasteiger partial charge in [0.05, 0.1) is 24.9 Å². The Morgan fingerprint density at radius 1 is 1.20 bits per heavy atom. The Bertz CT molecular complexity index is 766. The van der Waals surface area contributed by atoms with E-state index >= 15 is 0 Å². The van der Waals surface area contributed by atoms with Crippen LogP contribution >= 0.6 is 27.5 Å². The van der Waals surface area contributed by atoms with Crippen LogP contribution in [-0.2, 0) is 4.79 Å². The molecule has 2 aromatic carbocycles. The second-order valence-corrected chi connectivity index (χ2v) is 6.06. The van der Waals surface area contributed by atoms with Crippen molar-refractivity contribution in [3.05, 3.63) is 51.5 Å². The van der Waals surface area contributed by atoms with Gasteiger partial charge in [-0.2, -0.15) is 5.10 Å². The molecular weight excluding hydrogens is 412 g/mol. The van der Waals surface area contributed by atoms with Crippen LogP contribution < -0.4 is 19.6 Å². The molecule has 25 heavy (non-hydrogen) atoms. The topological polar surface area (TPSA) is 69.2 Å². The molecule has 0 bridgehead atoms. The number of amides is 1. The van der Waals surface area contributed by atoms with E-state index in [0.717, 1.165) is 4.47 Å². The Morgan fingerprint density at radius 2 is 1.88 bits per heavy atom. The van der Waals surface area contributed by atoms with E-state index in [2.05, 4.69) is 26.5 Å². The molecule has 0 fully saturated rings. The molecule has 132 valence electrons. The molecule has 0 unspecified atom stereocenters. The van der Waals surface area contributed by atoms with Crippen molar-refractivity contribution in [3.8, 4) is 17.2 Å². The van der Waals surface area contributed by atoms with Crippen molar-refractivity contribution in [1.29, 1.82) is 0 Å². The van der Waals surface area contributed by atoms with E-state index in [4.69, 9.17) is 25.8 Å². The van der Waals surface area contributed by atoms with Crippen molar-refractivity contribution < 1.29 is 19.0 Å². The number of ether oxygens (including phenoxy) is 3. The highest BCUT2D eigenvalue weighted by Crippen LogP contribution is 2.31. The average molecular weight is 428 g/mol. The van der Waals surface area contributed by atoms with Crippen LogP contribution in [0.4, 0.5) is 0 Å². The van der Waals surface area contributed by atoms with Gasteiger partial charge in [0.25, 0.3) is 5.91 Å². The molecule has 0 aliphatic rings. The molecule has 2 rings (SSSR count). The van der Waals surface area contributed by atoms with E-state index in [1.807, 2.05) is 0 Å². The second kappa shape index (κ2) is 9.29. The lowest BCUT2D eigenvalue weighted by Gasteiger charge is -2.09. The molecule has 8 heteroatoms. The van der Waals surface area contributed by atoms with Crippen LogP contribution in [0.1, 0.15) is 5.56 Å². The summed E-state index contributed by atoms with van der Waals surface area (Å²) in [5.74, 6) is 1.35. The van der Waals surface area contributed by atoms with Gasteiger partial charge in [0.15, 0.2) is 6.61 Å². The summed E-state index contributed by atoms with van der Waals surface area (Å²) in [4.78, 5) is 11.8. The maximum absolute atomic E-state index is 11.8. The Kier molecular flexibility index (Phi) is 7.09. The number of carbonyl (C=O) groups is 1. The van der Waals surface area contributed by atoms with E-state index in [1.165, 1.54) is 6.21 Å². The molecule has 0 radical (unpaired) electrons. The minimum atomic E-state index is -0.391. The van der Waals surface area contributed by atoms with Gasteiger partial charge >= 0.3 is 0 Å². The minimum absolute atomic E-state index is 0.164. The average Bonchev–Trinajstić information content (AvgIpc) is 2.61. The fourth-order valence-electron chi connectivity index (χ4n) is 1.87. The normalized spacial score (nSPS) is 10.6. The molecule has 0 atom stereocenters. The van der Waals surface area contributed by atoms with Crippen molar-refractivity contribution in [2.45, 2.75) is 0 Å². The number of nitrogens with one attached hydrogen (secondary N) is 1. The molecular formula is C17H16BrClN2O4. The lowest BCUT2D eigenvalue weighted by molar-refractivity contribution is -0.123. The van der Waals surface area contributed by atoms with Crippen LogP contribution in [0.15, 0.2) is 46.0 Å². The van der Waals surface area contributed by atoms with E-state index < -0.39 is 5.91 Å². The summed E-state index contributed by atoms with van der Waals surface area (Å²) in [5, 5.41) is 4.50. The molecule has 0 aromatic heterocycles. The first-order valence-corrected chi connectivity index (χ1v) is 8.32. The number of hydrogen-bond acceptors (Lipinski definition) is 5. The number of carbonyl (C=O) groups excluding carboxylic acids is 1. The molecule has 1 N–H and O–H groups in total. The highest BCUT2D eigenvalue weighted by atomic mass is 79.9. The number of hydrogen-bond donors (Lipinski definition) is 1. The molecule has 0 saturated carbocycles. The van der Waals surface area contributed by atoms with Crippen molar-refractivity contribution >= 4 is 39.7 Å². The molecule has 0 heterocycles. The summed E-state index contributed by atoms with van der Waals surface area (Å²) in [5.41, 5.74) is 3.06. The highest BCUT2D eigenvalue weighted by molar-refractivity contribution is 9.10.